The van der Waals surface area contributed by atoms with Crippen LogP contribution in [0.1, 0.15) is 25.7 Å². The molecule has 0 radical (unpaired) electrons. The van der Waals surface area contributed by atoms with Gasteiger partial charge in [-0.25, -0.2) is 0 Å². The fraction of sp³-hybridized carbons (Fsp3) is 0.889. The van der Waals surface area contributed by atoms with Crippen molar-refractivity contribution in [3.63, 3.8) is 0 Å². The van der Waals surface area contributed by atoms with Crippen molar-refractivity contribution in [3.05, 3.63) is 0 Å². The zero-order chi connectivity index (χ0) is 9.52. The van der Waals surface area contributed by atoms with Gasteiger partial charge in [0.2, 0.25) is 0 Å². The zero-order valence-electron chi connectivity index (χ0n) is 7.72. The molecule has 1 aliphatic heterocycles. The van der Waals surface area contributed by atoms with Crippen LogP contribution < -0.4 is 5.32 Å². The maximum absolute atomic E-state index is 5.57. The highest BCUT2D eigenvalue weighted by atomic mass is 35.5. The van der Waals surface area contributed by atoms with Crippen molar-refractivity contribution >= 4 is 28.8 Å². The third-order valence-electron chi connectivity index (χ3n) is 2.10. The summed E-state index contributed by atoms with van der Waals surface area (Å²) in [4.78, 5) is 0.882. The van der Waals surface area contributed by atoms with Gasteiger partial charge in [0.05, 0.1) is 11.1 Å². The molecule has 1 saturated heterocycles. The lowest BCUT2D eigenvalue weighted by atomic mass is 10.1. The van der Waals surface area contributed by atoms with Crippen LogP contribution in [0.5, 0.6) is 0 Å². The Morgan fingerprint density at radius 3 is 3.00 bits per heavy atom. The van der Waals surface area contributed by atoms with E-state index in [9.17, 15) is 0 Å². The molecule has 0 amide bonds. The molecule has 2 nitrogen and oxygen atoms in total. The Hall–Kier alpha value is 0.140. The van der Waals surface area contributed by atoms with Gasteiger partial charge in [-0.2, -0.15) is 0 Å². The normalized spacial score (nSPS) is 22.7. The molecule has 1 heterocycles. The van der Waals surface area contributed by atoms with Crippen LogP contribution in [-0.4, -0.2) is 30.1 Å². The average molecular weight is 222 g/mol. The van der Waals surface area contributed by atoms with E-state index in [4.69, 9.17) is 28.6 Å². The second kappa shape index (κ2) is 6.57. The molecule has 0 aliphatic carbocycles. The van der Waals surface area contributed by atoms with Crippen molar-refractivity contribution in [3.8, 4) is 0 Å². The molecule has 0 bridgehead atoms. The Kier molecular flexibility index (Phi) is 5.67. The molecule has 1 rings (SSSR count). The van der Waals surface area contributed by atoms with Crippen LogP contribution in [0.3, 0.4) is 0 Å². The number of ether oxygens (including phenoxy) is 1. The second-order valence-corrected chi connectivity index (χ2v) is 4.10. The van der Waals surface area contributed by atoms with Crippen LogP contribution in [0.25, 0.3) is 0 Å². The Labute approximate surface area is 90.0 Å². The van der Waals surface area contributed by atoms with Gasteiger partial charge in [0.15, 0.2) is 0 Å². The third kappa shape index (κ3) is 4.79. The number of nitrogens with one attached hydrogen (secondary N) is 1. The summed E-state index contributed by atoms with van der Waals surface area (Å²) in [6.07, 6.45) is 4.79. The van der Waals surface area contributed by atoms with Crippen molar-refractivity contribution in [1.29, 1.82) is 0 Å². The zero-order valence-corrected chi connectivity index (χ0v) is 9.29. The predicted molar refractivity (Wildman–Crippen MR) is 59.5 cm³/mol. The van der Waals surface area contributed by atoms with E-state index in [0.29, 0.717) is 12.0 Å². The first-order valence-electron chi connectivity index (χ1n) is 4.77. The van der Waals surface area contributed by atoms with Crippen LogP contribution in [-0.2, 0) is 4.74 Å². The summed E-state index contributed by atoms with van der Waals surface area (Å²) in [5.41, 5.74) is 0. The van der Waals surface area contributed by atoms with Gasteiger partial charge < -0.3 is 10.1 Å². The Bertz CT molecular complexity index is 160. The van der Waals surface area contributed by atoms with Crippen molar-refractivity contribution in [1.82, 2.24) is 5.32 Å². The van der Waals surface area contributed by atoms with Crippen LogP contribution in [0.4, 0.5) is 0 Å². The van der Waals surface area contributed by atoms with Crippen LogP contribution in [0.2, 0.25) is 0 Å². The minimum absolute atomic E-state index is 0.337. The van der Waals surface area contributed by atoms with E-state index in [2.05, 4.69) is 5.32 Å². The molecule has 1 aliphatic rings. The fourth-order valence-corrected chi connectivity index (χ4v) is 1.82. The number of halogens is 1. The number of thiocarbonyl (C=S) groups is 1. The number of hydrogen-bond donors (Lipinski definition) is 1. The van der Waals surface area contributed by atoms with Crippen LogP contribution in [0, 0.1) is 0 Å². The van der Waals surface area contributed by atoms with E-state index in [-0.39, 0.29) is 0 Å². The molecule has 1 fully saturated rings. The van der Waals surface area contributed by atoms with Gasteiger partial charge in [-0.3, -0.25) is 0 Å². The van der Waals surface area contributed by atoms with Crippen molar-refractivity contribution in [2.75, 3.05) is 19.0 Å². The smallest absolute Gasteiger partial charge is 0.0779 e. The van der Waals surface area contributed by atoms with Crippen LogP contribution >= 0.6 is 23.8 Å². The molecule has 13 heavy (non-hydrogen) atoms. The lowest BCUT2D eigenvalue weighted by Gasteiger charge is -2.22. The highest BCUT2D eigenvalue weighted by molar-refractivity contribution is 7.80. The molecule has 0 aromatic rings. The van der Waals surface area contributed by atoms with E-state index < -0.39 is 0 Å². The minimum Gasteiger partial charge on any atom is -0.378 e. The maximum atomic E-state index is 5.57. The van der Waals surface area contributed by atoms with E-state index in [1.165, 1.54) is 12.8 Å². The quantitative estimate of drug-likeness (QED) is 0.581. The summed E-state index contributed by atoms with van der Waals surface area (Å²) >= 11 is 10.7. The molecular formula is C9H16ClNOS. The van der Waals surface area contributed by atoms with E-state index in [1.807, 2.05) is 0 Å². The summed E-state index contributed by atoms with van der Waals surface area (Å²) < 4.78 is 5.57. The Morgan fingerprint density at radius 1 is 1.54 bits per heavy atom. The number of rotatable bonds is 4. The molecule has 1 unspecified atom stereocenters. The second-order valence-electron chi connectivity index (χ2n) is 3.23. The van der Waals surface area contributed by atoms with Gasteiger partial charge >= 0.3 is 0 Å². The van der Waals surface area contributed by atoms with E-state index in [1.54, 1.807) is 0 Å². The average Bonchev–Trinajstić information content (AvgIpc) is 2.16. The topological polar surface area (TPSA) is 21.3 Å². The highest BCUT2D eigenvalue weighted by Crippen LogP contribution is 2.15. The van der Waals surface area contributed by atoms with Gasteiger partial charge in [0, 0.05) is 25.5 Å². The SMILES string of the molecule is S=C(CC1CCCCO1)NCCCl. The van der Waals surface area contributed by atoms with Crippen molar-refractivity contribution < 1.29 is 4.74 Å². The molecule has 0 aromatic carbocycles. The maximum Gasteiger partial charge on any atom is 0.0779 e. The van der Waals surface area contributed by atoms with Gasteiger partial charge in [-0.1, -0.05) is 12.2 Å². The minimum atomic E-state index is 0.337. The first-order valence-corrected chi connectivity index (χ1v) is 5.71. The van der Waals surface area contributed by atoms with E-state index in [0.717, 1.165) is 31.0 Å². The molecule has 4 heteroatoms. The monoisotopic (exact) mass is 221 g/mol. The number of hydrogen-bond acceptors (Lipinski definition) is 2. The predicted octanol–water partition coefficient (Wildman–Crippen LogP) is 2.10. The summed E-state index contributed by atoms with van der Waals surface area (Å²) in [6, 6.07) is 0. The summed E-state index contributed by atoms with van der Waals surface area (Å²) in [6.45, 7) is 1.65. The summed E-state index contributed by atoms with van der Waals surface area (Å²) in [7, 11) is 0. The lowest BCUT2D eigenvalue weighted by Crippen LogP contribution is -2.30. The molecule has 0 aromatic heterocycles. The van der Waals surface area contributed by atoms with Gasteiger partial charge in [-0.15, -0.1) is 11.6 Å². The molecule has 0 spiro atoms. The van der Waals surface area contributed by atoms with Gasteiger partial charge in [-0.05, 0) is 19.3 Å². The highest BCUT2D eigenvalue weighted by Gasteiger charge is 2.15. The molecule has 1 atom stereocenters. The summed E-state index contributed by atoms with van der Waals surface area (Å²) in [5.74, 6) is 0.603. The first-order chi connectivity index (χ1) is 6.33. The van der Waals surface area contributed by atoms with Crippen molar-refractivity contribution in [2.24, 2.45) is 0 Å². The van der Waals surface area contributed by atoms with E-state index >= 15 is 0 Å². The Morgan fingerprint density at radius 2 is 2.38 bits per heavy atom. The standard InChI is InChI=1S/C9H16ClNOS/c10-4-5-11-9(13)7-8-3-1-2-6-12-8/h8H,1-7H2,(H,11,13). The Balaban J connectivity index is 2.11. The summed E-state index contributed by atoms with van der Waals surface area (Å²) in [5, 5.41) is 3.10. The molecule has 0 saturated carbocycles. The van der Waals surface area contributed by atoms with Gasteiger partial charge in [0.25, 0.3) is 0 Å². The third-order valence-corrected chi connectivity index (χ3v) is 2.60. The molecular weight excluding hydrogens is 206 g/mol. The number of alkyl halides is 1. The first kappa shape index (κ1) is 11.2. The largest absolute Gasteiger partial charge is 0.378 e. The lowest BCUT2D eigenvalue weighted by molar-refractivity contribution is 0.0210. The van der Waals surface area contributed by atoms with Crippen LogP contribution in [0.15, 0.2) is 0 Å². The van der Waals surface area contributed by atoms with Gasteiger partial charge in [0.1, 0.15) is 0 Å². The molecule has 1 N–H and O–H groups in total. The fourth-order valence-electron chi connectivity index (χ4n) is 1.43. The molecule has 76 valence electrons. The van der Waals surface area contributed by atoms with Crippen molar-refractivity contribution in [2.45, 2.75) is 31.8 Å².